The second-order valence-electron chi connectivity index (χ2n) is 5.78. The van der Waals surface area contributed by atoms with Crippen LogP contribution in [0.4, 0.5) is 5.69 Å². The predicted molar refractivity (Wildman–Crippen MR) is 104 cm³/mol. The Bertz CT molecular complexity index is 1020. The van der Waals surface area contributed by atoms with Crippen LogP contribution < -0.4 is 16.6 Å². The maximum absolute atomic E-state index is 11.8. The lowest BCUT2D eigenvalue weighted by molar-refractivity contribution is -0.132. The number of benzene rings is 2. The minimum absolute atomic E-state index is 0.0794. The largest absolute Gasteiger partial charge is 0.478 e. The van der Waals surface area contributed by atoms with E-state index in [4.69, 9.17) is 21.7 Å². The molecule has 0 fully saturated rings. The van der Waals surface area contributed by atoms with Crippen LogP contribution in [0.1, 0.15) is 22.8 Å². The Morgan fingerprint density at radius 2 is 1.77 bits per heavy atom. The minimum atomic E-state index is -2.85. The summed E-state index contributed by atoms with van der Waals surface area (Å²) in [4.78, 5) is 23.1. The van der Waals surface area contributed by atoms with Crippen molar-refractivity contribution in [3.63, 3.8) is 0 Å². The van der Waals surface area contributed by atoms with Crippen LogP contribution in [0.25, 0.3) is 17.2 Å². The van der Waals surface area contributed by atoms with Crippen molar-refractivity contribution in [2.24, 2.45) is 10.9 Å². The fourth-order valence-corrected chi connectivity index (χ4v) is 2.97. The molecule has 0 bridgehead atoms. The Hall–Kier alpha value is -3.10. The topological polar surface area (TPSA) is 150 Å². The molecule has 2 rings (SSSR count). The Balaban J connectivity index is 2.67. The molecule has 0 radical (unpaired) electrons. The summed E-state index contributed by atoms with van der Waals surface area (Å²) in [5, 5.41) is 14.6. The van der Waals surface area contributed by atoms with Gasteiger partial charge in [-0.25, -0.2) is 9.00 Å². The first kappa shape index (κ1) is 19.2. The minimum Gasteiger partial charge on any atom is -0.478 e. The number of primary amides is 1. The van der Waals surface area contributed by atoms with Gasteiger partial charge in [-0.15, -0.1) is 0 Å². The highest BCUT2D eigenvalue weighted by molar-refractivity contribution is 7.98. The molecule has 1 amide bonds. The van der Waals surface area contributed by atoms with Crippen LogP contribution >= 0.6 is 0 Å². The first-order valence-electron chi connectivity index (χ1n) is 7.41. The molecule has 0 saturated carbocycles. The van der Waals surface area contributed by atoms with Crippen molar-refractivity contribution in [3.05, 3.63) is 53.1 Å². The van der Waals surface area contributed by atoms with Gasteiger partial charge < -0.3 is 16.6 Å². The lowest BCUT2D eigenvalue weighted by atomic mass is 9.96. The van der Waals surface area contributed by atoms with E-state index >= 15 is 0 Å². The highest BCUT2D eigenvalue weighted by atomic mass is 32.2. The number of amides is 1. The second kappa shape index (κ2) is 7.03. The van der Waals surface area contributed by atoms with E-state index in [1.54, 1.807) is 30.3 Å². The van der Waals surface area contributed by atoms with Gasteiger partial charge >= 0.3 is 5.97 Å². The second-order valence-corrected chi connectivity index (χ2v) is 7.70. The molecule has 0 aliphatic heterocycles. The van der Waals surface area contributed by atoms with Crippen molar-refractivity contribution in [1.82, 2.24) is 0 Å². The smallest absolute Gasteiger partial charge is 0.331 e. The summed E-state index contributed by atoms with van der Waals surface area (Å²) < 4.78 is 11.8. The number of anilines is 1. The highest BCUT2D eigenvalue weighted by Crippen LogP contribution is 2.31. The van der Waals surface area contributed by atoms with Crippen LogP contribution in [0.15, 0.2) is 46.9 Å². The maximum Gasteiger partial charge on any atom is 0.331 e. The zero-order chi connectivity index (χ0) is 19.6. The molecule has 2 aromatic carbocycles. The average Bonchev–Trinajstić information content (AvgIpc) is 2.55. The number of carboxylic acid groups (broad SMARTS) is 1. The van der Waals surface area contributed by atoms with Gasteiger partial charge in [-0.2, -0.15) is 0 Å². The lowest BCUT2D eigenvalue weighted by Gasteiger charge is -2.12. The van der Waals surface area contributed by atoms with Crippen molar-refractivity contribution in [3.8, 4) is 11.1 Å². The van der Waals surface area contributed by atoms with Crippen molar-refractivity contribution >= 4 is 39.2 Å². The molecule has 1 atom stereocenters. The summed E-state index contributed by atoms with van der Waals surface area (Å²) in [5.74, 6) is 1.61. The van der Waals surface area contributed by atoms with E-state index in [2.05, 4.69) is 5.87 Å². The average molecular weight is 373 g/mol. The Kier molecular flexibility index (Phi) is 5.20. The summed E-state index contributed by atoms with van der Waals surface area (Å²) in [6.45, 7) is 1.43. The molecule has 0 heterocycles. The molecule has 26 heavy (non-hydrogen) atoms. The fraction of sp³-hybridized carbons (Fsp3) is 0.0556. The third-order valence-electron chi connectivity index (χ3n) is 3.75. The number of carboxylic acids is 1. The molecule has 136 valence electrons. The third-order valence-corrected chi connectivity index (χ3v) is 4.82. The van der Waals surface area contributed by atoms with Crippen molar-refractivity contribution < 1.29 is 18.9 Å². The van der Waals surface area contributed by atoms with Crippen LogP contribution in [0.5, 0.6) is 0 Å². The van der Waals surface area contributed by atoms with E-state index in [-0.39, 0.29) is 16.8 Å². The molecule has 0 aliphatic carbocycles. The quantitative estimate of drug-likeness (QED) is 0.356. The van der Waals surface area contributed by atoms with E-state index in [9.17, 15) is 13.8 Å². The van der Waals surface area contributed by atoms with Crippen molar-refractivity contribution in [2.75, 3.05) is 5.73 Å². The molecule has 0 spiro atoms. The summed E-state index contributed by atoms with van der Waals surface area (Å²) in [7, 11) is -2.85. The van der Waals surface area contributed by atoms with Gasteiger partial charge in [-0.05, 0) is 54.3 Å². The standard InChI is InChI=1S/C18H19N3O4S/c1-10(18(23)24)7-11-8-14(16(19)15(9-11)17(20)22)12-3-5-13(6-4-12)26(2,21)25/h3-9H,2,19H2,1H3,(H2,20,22)(H2,21,25)(H,23,24)/b10-7+. The highest BCUT2D eigenvalue weighted by Gasteiger charge is 2.14. The number of rotatable bonds is 5. The number of aliphatic carboxylic acids is 1. The number of nitrogen functional groups attached to an aromatic ring is 1. The van der Waals surface area contributed by atoms with E-state index in [0.717, 1.165) is 0 Å². The van der Waals surface area contributed by atoms with Gasteiger partial charge in [0.1, 0.15) is 0 Å². The Labute approximate surface area is 151 Å². The van der Waals surface area contributed by atoms with Gasteiger partial charge in [0.2, 0.25) is 0 Å². The number of hydrogen-bond acceptors (Lipinski definition) is 4. The molecule has 0 saturated heterocycles. The molecular formula is C18H19N3O4S. The number of carbonyl (C=O) groups is 2. The molecular weight excluding hydrogens is 354 g/mol. The van der Waals surface area contributed by atoms with Crippen LogP contribution in [0.2, 0.25) is 0 Å². The van der Waals surface area contributed by atoms with Gasteiger partial charge in [0.05, 0.1) is 21.0 Å². The molecule has 7 nitrogen and oxygen atoms in total. The molecule has 2 aromatic rings. The molecule has 7 N–H and O–H groups in total. The molecule has 1 unspecified atom stereocenters. The normalized spacial score (nSPS) is 13.8. The van der Waals surface area contributed by atoms with E-state index in [1.165, 1.54) is 19.1 Å². The predicted octanol–water partition coefficient (Wildman–Crippen LogP) is 1.47. The summed E-state index contributed by atoms with van der Waals surface area (Å²) in [6, 6.07) is 9.47. The molecule has 8 heteroatoms. The van der Waals surface area contributed by atoms with Gasteiger partial charge in [-0.1, -0.05) is 12.1 Å². The van der Waals surface area contributed by atoms with Crippen LogP contribution in [0.3, 0.4) is 0 Å². The van der Waals surface area contributed by atoms with Crippen LogP contribution in [-0.2, 0) is 14.5 Å². The van der Waals surface area contributed by atoms with Gasteiger partial charge in [0, 0.05) is 16.0 Å². The summed E-state index contributed by atoms with van der Waals surface area (Å²) in [6.07, 6.45) is 1.41. The summed E-state index contributed by atoms with van der Waals surface area (Å²) >= 11 is 0. The lowest BCUT2D eigenvalue weighted by Crippen LogP contribution is -2.14. The maximum atomic E-state index is 11.8. The third kappa shape index (κ3) is 4.11. The zero-order valence-corrected chi connectivity index (χ0v) is 14.9. The van der Waals surface area contributed by atoms with E-state index in [1.807, 2.05) is 0 Å². The fourth-order valence-electron chi connectivity index (χ4n) is 2.38. The monoisotopic (exact) mass is 373 g/mol. The molecule has 0 aromatic heterocycles. The number of carbonyl (C=O) groups excluding carboxylic acids is 1. The number of hydrogen-bond donors (Lipinski definition) is 4. The first-order valence-corrected chi connectivity index (χ1v) is 9.20. The Morgan fingerprint density at radius 1 is 1.19 bits per heavy atom. The van der Waals surface area contributed by atoms with E-state index < -0.39 is 21.6 Å². The first-order chi connectivity index (χ1) is 12.0. The zero-order valence-electron chi connectivity index (χ0n) is 14.1. The summed E-state index contributed by atoms with van der Waals surface area (Å²) in [5.41, 5.74) is 13.4. The number of nitrogens with two attached hydrogens (primary N) is 3. The van der Waals surface area contributed by atoms with Gasteiger partial charge in [-0.3, -0.25) is 9.93 Å². The van der Waals surface area contributed by atoms with Crippen LogP contribution in [0, 0.1) is 0 Å². The van der Waals surface area contributed by atoms with E-state index in [0.29, 0.717) is 21.6 Å². The van der Waals surface area contributed by atoms with Crippen LogP contribution in [-0.4, -0.2) is 27.1 Å². The van der Waals surface area contributed by atoms with Crippen molar-refractivity contribution in [1.29, 1.82) is 0 Å². The van der Waals surface area contributed by atoms with Gasteiger partial charge in [0.15, 0.2) is 0 Å². The Morgan fingerprint density at radius 3 is 2.23 bits per heavy atom. The molecule has 0 aliphatic rings. The van der Waals surface area contributed by atoms with Crippen molar-refractivity contribution in [2.45, 2.75) is 11.8 Å². The SMILES string of the molecule is C=S(N)(=O)c1ccc(-c2cc(/C=C(\C)C(=O)O)cc(C(N)=O)c2N)cc1. The van der Waals surface area contributed by atoms with Gasteiger partial charge in [0.25, 0.3) is 5.91 Å².